The Bertz CT molecular complexity index is 1090. The molecule has 2 atom stereocenters. The molecule has 2 aromatic rings. The molecule has 2 rings (SSSR count). The van der Waals surface area contributed by atoms with Gasteiger partial charge in [-0.2, -0.15) is 0 Å². The topological polar surface area (TPSA) is 172 Å². The van der Waals surface area contributed by atoms with Gasteiger partial charge in [0.2, 0.25) is 11.8 Å². The minimum Gasteiger partial charge on any atom is -0.445 e. The lowest BCUT2D eigenvalue weighted by Crippen LogP contribution is -2.54. The standard InChI is InChI=1S/C27H39N5O6Si/c1-39(2,3)18-23(32-27(37)38-17-20-8-5-4-6-9-20)25(35)31-22(10-7-15-29-26(28)36)24(34)30-21-13-11-19(16-33)12-14-21/h4-6,8-9,11-14,22-23,33H,7,10,15-18H2,1-3H3,(H,30,34)(H,31,35)(H,32,37)(H3,28,29,36)/t22-,23-/m0/s1. The molecule has 212 valence electrons. The second kappa shape index (κ2) is 15.5. The van der Waals surface area contributed by atoms with Crippen molar-refractivity contribution < 1.29 is 29.0 Å². The predicted molar refractivity (Wildman–Crippen MR) is 151 cm³/mol. The number of ether oxygens (including phenoxy) is 1. The first-order chi connectivity index (χ1) is 18.5. The van der Waals surface area contributed by atoms with Crippen molar-refractivity contribution in [2.75, 3.05) is 11.9 Å². The summed E-state index contributed by atoms with van der Waals surface area (Å²) in [6.45, 7) is 6.36. The van der Waals surface area contributed by atoms with Crippen molar-refractivity contribution in [3.63, 3.8) is 0 Å². The van der Waals surface area contributed by atoms with Crippen LogP contribution in [0.1, 0.15) is 24.0 Å². The Balaban J connectivity index is 2.11. The van der Waals surface area contributed by atoms with Gasteiger partial charge in [0.25, 0.3) is 0 Å². The van der Waals surface area contributed by atoms with Crippen LogP contribution < -0.4 is 27.0 Å². The molecule has 0 aromatic heterocycles. The van der Waals surface area contributed by atoms with E-state index < -0.39 is 44.1 Å². The Kier molecular flexibility index (Phi) is 12.4. The Morgan fingerprint density at radius 2 is 1.56 bits per heavy atom. The summed E-state index contributed by atoms with van der Waals surface area (Å²) in [7, 11) is -1.84. The van der Waals surface area contributed by atoms with Crippen LogP contribution in [-0.4, -0.2) is 55.7 Å². The quantitative estimate of drug-likeness (QED) is 0.154. The fraction of sp³-hybridized carbons (Fsp3) is 0.407. The molecule has 0 fully saturated rings. The molecular weight excluding hydrogens is 518 g/mol. The highest BCUT2D eigenvalue weighted by Gasteiger charge is 2.31. The van der Waals surface area contributed by atoms with Crippen LogP contribution in [0.25, 0.3) is 0 Å². The zero-order chi connectivity index (χ0) is 28.8. The minimum absolute atomic E-state index is 0.0565. The summed E-state index contributed by atoms with van der Waals surface area (Å²) in [5.74, 6) is -0.967. The van der Waals surface area contributed by atoms with Crippen molar-refractivity contribution in [2.45, 2.75) is 63.8 Å². The fourth-order valence-electron chi connectivity index (χ4n) is 3.71. The SMILES string of the molecule is C[Si](C)(C)C[C@H](NC(=O)OCc1ccccc1)C(=O)N[C@@H](CCCNC(N)=O)C(=O)Nc1ccc(CO)cc1. The third kappa shape index (κ3) is 12.5. The Hall–Kier alpha value is -3.90. The first-order valence-corrected chi connectivity index (χ1v) is 16.5. The van der Waals surface area contributed by atoms with Gasteiger partial charge in [-0.3, -0.25) is 9.59 Å². The van der Waals surface area contributed by atoms with Crippen molar-refractivity contribution in [3.05, 3.63) is 65.7 Å². The molecular formula is C27H39N5O6Si. The third-order valence-electron chi connectivity index (χ3n) is 5.64. The minimum atomic E-state index is -1.84. The number of carbonyl (C=O) groups excluding carboxylic acids is 4. The number of aliphatic hydroxyl groups is 1. The van der Waals surface area contributed by atoms with Gasteiger partial charge in [-0.05, 0) is 42.1 Å². The number of nitrogens with two attached hydrogens (primary N) is 1. The first kappa shape index (κ1) is 31.3. The van der Waals surface area contributed by atoms with Crippen molar-refractivity contribution in [2.24, 2.45) is 5.73 Å². The molecule has 11 nitrogen and oxygen atoms in total. The fourth-order valence-corrected chi connectivity index (χ4v) is 5.22. The van der Waals surface area contributed by atoms with Crippen molar-refractivity contribution in [3.8, 4) is 0 Å². The van der Waals surface area contributed by atoms with Gasteiger partial charge in [0.15, 0.2) is 0 Å². The van der Waals surface area contributed by atoms with E-state index in [4.69, 9.17) is 10.5 Å². The molecule has 0 aliphatic carbocycles. The largest absolute Gasteiger partial charge is 0.445 e. The average molecular weight is 558 g/mol. The van der Waals surface area contributed by atoms with E-state index in [1.807, 2.05) is 30.3 Å². The highest BCUT2D eigenvalue weighted by atomic mass is 28.3. The van der Waals surface area contributed by atoms with Crippen LogP contribution in [0.5, 0.6) is 0 Å². The number of rotatable bonds is 14. The Morgan fingerprint density at radius 3 is 2.15 bits per heavy atom. The maximum Gasteiger partial charge on any atom is 0.408 e. The number of anilines is 1. The summed E-state index contributed by atoms with van der Waals surface area (Å²) < 4.78 is 5.31. The summed E-state index contributed by atoms with van der Waals surface area (Å²) in [6, 6.07) is 13.7. The number of hydrogen-bond acceptors (Lipinski definition) is 6. The zero-order valence-electron chi connectivity index (χ0n) is 22.7. The molecule has 0 unspecified atom stereocenters. The second-order valence-electron chi connectivity index (χ2n) is 10.4. The van der Waals surface area contributed by atoms with Crippen LogP contribution in [-0.2, 0) is 27.5 Å². The van der Waals surface area contributed by atoms with E-state index in [9.17, 15) is 24.3 Å². The Morgan fingerprint density at radius 1 is 0.897 bits per heavy atom. The normalized spacial score (nSPS) is 12.5. The second-order valence-corrected chi connectivity index (χ2v) is 15.9. The van der Waals surface area contributed by atoms with Crippen molar-refractivity contribution in [1.29, 1.82) is 0 Å². The molecule has 0 aliphatic heterocycles. The number of carbonyl (C=O) groups is 4. The monoisotopic (exact) mass is 557 g/mol. The maximum absolute atomic E-state index is 13.4. The number of aliphatic hydroxyl groups excluding tert-OH is 1. The molecule has 39 heavy (non-hydrogen) atoms. The van der Waals surface area contributed by atoms with Gasteiger partial charge in [-0.15, -0.1) is 0 Å². The molecule has 7 N–H and O–H groups in total. The number of urea groups is 1. The van der Waals surface area contributed by atoms with Crippen molar-refractivity contribution in [1.82, 2.24) is 16.0 Å². The summed E-state index contributed by atoms with van der Waals surface area (Å²) in [6.07, 6.45) is -0.145. The summed E-state index contributed by atoms with van der Waals surface area (Å²) in [4.78, 5) is 50.1. The van der Waals surface area contributed by atoms with Gasteiger partial charge < -0.3 is 36.8 Å². The average Bonchev–Trinajstić information content (AvgIpc) is 2.88. The van der Waals surface area contributed by atoms with E-state index >= 15 is 0 Å². The number of nitrogens with one attached hydrogen (secondary N) is 4. The predicted octanol–water partition coefficient (Wildman–Crippen LogP) is 2.68. The number of hydrogen-bond donors (Lipinski definition) is 6. The van der Waals surface area contributed by atoms with Crippen LogP contribution in [0.3, 0.4) is 0 Å². The molecule has 0 bridgehead atoms. The summed E-state index contributed by atoms with van der Waals surface area (Å²) >= 11 is 0. The van der Waals surface area contributed by atoms with E-state index in [1.54, 1.807) is 24.3 Å². The van der Waals surface area contributed by atoms with Gasteiger partial charge in [0.1, 0.15) is 18.7 Å². The van der Waals surface area contributed by atoms with Gasteiger partial charge in [0.05, 0.1) is 6.61 Å². The van der Waals surface area contributed by atoms with Crippen LogP contribution in [0.2, 0.25) is 25.7 Å². The van der Waals surface area contributed by atoms with E-state index in [0.717, 1.165) is 5.56 Å². The molecule has 12 heteroatoms. The Labute approximate surface area is 229 Å². The number of alkyl carbamates (subject to hydrolysis) is 1. The molecule has 2 aromatic carbocycles. The van der Waals surface area contributed by atoms with Gasteiger partial charge in [-0.25, -0.2) is 9.59 Å². The zero-order valence-corrected chi connectivity index (χ0v) is 23.7. The lowest BCUT2D eigenvalue weighted by Gasteiger charge is -2.27. The number of benzene rings is 2. The molecule has 0 radical (unpaired) electrons. The molecule has 0 spiro atoms. The molecule has 0 aliphatic rings. The molecule has 0 saturated carbocycles. The van der Waals surface area contributed by atoms with E-state index in [1.165, 1.54) is 0 Å². The molecule has 0 heterocycles. The van der Waals surface area contributed by atoms with Gasteiger partial charge in [-0.1, -0.05) is 62.1 Å². The van der Waals surface area contributed by atoms with Crippen LogP contribution in [0.15, 0.2) is 54.6 Å². The number of primary amides is 1. The van der Waals surface area contributed by atoms with Crippen LogP contribution in [0.4, 0.5) is 15.3 Å². The summed E-state index contributed by atoms with van der Waals surface area (Å²) in [5, 5.41) is 19.9. The lowest BCUT2D eigenvalue weighted by atomic mass is 10.1. The lowest BCUT2D eigenvalue weighted by molar-refractivity contribution is -0.127. The first-order valence-electron chi connectivity index (χ1n) is 12.8. The molecule has 5 amide bonds. The van der Waals surface area contributed by atoms with E-state index in [-0.39, 0.29) is 26.2 Å². The number of amides is 5. The highest BCUT2D eigenvalue weighted by molar-refractivity contribution is 6.76. The van der Waals surface area contributed by atoms with Crippen molar-refractivity contribution >= 4 is 37.7 Å². The molecule has 0 saturated heterocycles. The smallest absolute Gasteiger partial charge is 0.408 e. The van der Waals surface area contributed by atoms with Crippen LogP contribution in [0, 0.1) is 0 Å². The van der Waals surface area contributed by atoms with E-state index in [2.05, 4.69) is 40.9 Å². The van der Waals surface area contributed by atoms with Gasteiger partial charge in [0, 0.05) is 20.3 Å². The third-order valence-corrected chi connectivity index (χ3v) is 7.28. The maximum atomic E-state index is 13.4. The highest BCUT2D eigenvalue weighted by Crippen LogP contribution is 2.14. The summed E-state index contributed by atoms with van der Waals surface area (Å²) in [5.41, 5.74) is 7.11. The van der Waals surface area contributed by atoms with Gasteiger partial charge >= 0.3 is 12.1 Å². The van der Waals surface area contributed by atoms with E-state index in [0.29, 0.717) is 23.7 Å². The van der Waals surface area contributed by atoms with Crippen LogP contribution >= 0.6 is 0 Å².